The molecule has 3 aromatic rings. The van der Waals surface area contributed by atoms with Gasteiger partial charge in [0.05, 0.1) is 22.4 Å². The van der Waals surface area contributed by atoms with Gasteiger partial charge in [-0.1, -0.05) is 60.6 Å². The number of rotatable bonds is 6. The number of aryl methyl sites for hydroxylation is 1. The van der Waals surface area contributed by atoms with Gasteiger partial charge in [-0.3, -0.25) is 9.36 Å². The predicted octanol–water partition coefficient (Wildman–Crippen LogP) is 3.95. The molecule has 5 nitrogen and oxygen atoms in total. The molecule has 0 aliphatic carbocycles. The molecule has 4 rings (SSSR count). The van der Waals surface area contributed by atoms with Gasteiger partial charge in [-0.15, -0.1) is 11.3 Å². The minimum Gasteiger partial charge on any atom is -0.463 e. The van der Waals surface area contributed by atoms with Crippen LogP contribution in [-0.2, 0) is 9.53 Å². The third kappa shape index (κ3) is 4.20. The topological polar surface area (TPSA) is 60.7 Å². The van der Waals surface area contributed by atoms with E-state index in [1.807, 2.05) is 54.8 Å². The fourth-order valence-corrected chi connectivity index (χ4v) is 5.49. The molecule has 1 atom stereocenters. The van der Waals surface area contributed by atoms with E-state index in [0.717, 1.165) is 16.9 Å². The first kappa shape index (κ1) is 21.5. The first-order chi connectivity index (χ1) is 15.0. The number of carbonyl (C=O) groups excluding carboxylic acids is 1. The Bertz CT molecular complexity index is 1300. The molecule has 3 heterocycles. The van der Waals surface area contributed by atoms with Gasteiger partial charge in [0.25, 0.3) is 5.56 Å². The molecule has 0 bridgehead atoms. The van der Waals surface area contributed by atoms with Crippen LogP contribution in [0.5, 0.6) is 0 Å². The maximum Gasteiger partial charge on any atom is 0.338 e. The maximum absolute atomic E-state index is 13.5. The normalized spacial score (nSPS) is 16.2. The average Bonchev–Trinajstić information content (AvgIpc) is 3.38. The number of allylic oxidation sites excluding steroid dienone is 1. The molecule has 1 aromatic carbocycles. The maximum atomic E-state index is 13.5. The largest absolute Gasteiger partial charge is 0.463 e. The Morgan fingerprint density at radius 3 is 2.65 bits per heavy atom. The zero-order valence-electron chi connectivity index (χ0n) is 17.8. The average molecular weight is 453 g/mol. The summed E-state index contributed by atoms with van der Waals surface area (Å²) in [5.74, 6) is -0.402. The van der Waals surface area contributed by atoms with Crippen molar-refractivity contribution in [1.29, 1.82) is 0 Å². The molecule has 7 heteroatoms. The molecule has 0 radical (unpaired) electrons. The molecule has 0 spiro atoms. The van der Waals surface area contributed by atoms with Crippen LogP contribution in [0.2, 0.25) is 0 Å². The van der Waals surface area contributed by atoms with Crippen LogP contribution in [0, 0.1) is 6.92 Å². The van der Waals surface area contributed by atoms with E-state index in [-0.39, 0.29) is 12.2 Å². The highest BCUT2D eigenvalue weighted by atomic mass is 32.1. The van der Waals surface area contributed by atoms with Gasteiger partial charge in [-0.05, 0) is 43.4 Å². The first-order valence-electron chi connectivity index (χ1n) is 10.4. The fraction of sp³-hybridized carbons (Fsp3) is 0.292. The second kappa shape index (κ2) is 9.16. The predicted molar refractivity (Wildman–Crippen MR) is 125 cm³/mol. The summed E-state index contributed by atoms with van der Waals surface area (Å²) >= 11 is 2.89. The third-order valence-corrected chi connectivity index (χ3v) is 6.99. The van der Waals surface area contributed by atoms with Gasteiger partial charge in [-0.2, -0.15) is 0 Å². The Morgan fingerprint density at radius 1 is 1.23 bits per heavy atom. The molecular weight excluding hydrogens is 428 g/mol. The van der Waals surface area contributed by atoms with Crippen LogP contribution in [0.15, 0.2) is 62.8 Å². The van der Waals surface area contributed by atoms with Crippen LogP contribution in [0.4, 0.5) is 0 Å². The molecule has 0 amide bonds. The molecule has 0 N–H and O–H groups in total. The molecule has 2 aromatic heterocycles. The number of thiazole rings is 1. The van der Waals surface area contributed by atoms with Crippen molar-refractivity contribution in [3.8, 4) is 0 Å². The molecule has 0 fully saturated rings. The van der Waals surface area contributed by atoms with Crippen molar-refractivity contribution in [1.82, 2.24) is 4.57 Å². The van der Waals surface area contributed by atoms with E-state index in [2.05, 4.69) is 6.92 Å². The molecule has 31 heavy (non-hydrogen) atoms. The summed E-state index contributed by atoms with van der Waals surface area (Å²) in [6.45, 7) is 6.15. The van der Waals surface area contributed by atoms with Crippen molar-refractivity contribution < 1.29 is 9.53 Å². The summed E-state index contributed by atoms with van der Waals surface area (Å²) in [7, 11) is 0. The zero-order chi connectivity index (χ0) is 22.0. The van der Waals surface area contributed by atoms with Crippen LogP contribution in [-0.4, -0.2) is 17.1 Å². The van der Waals surface area contributed by atoms with E-state index >= 15 is 0 Å². The summed E-state index contributed by atoms with van der Waals surface area (Å²) in [5.41, 5.74) is 3.17. The Morgan fingerprint density at radius 2 is 2.00 bits per heavy atom. The molecule has 1 aliphatic heterocycles. The van der Waals surface area contributed by atoms with Gasteiger partial charge in [0, 0.05) is 4.88 Å². The lowest BCUT2D eigenvalue weighted by molar-refractivity contribution is -0.139. The van der Waals surface area contributed by atoms with Crippen molar-refractivity contribution in [2.24, 2.45) is 4.99 Å². The molecule has 1 aliphatic rings. The highest BCUT2D eigenvalue weighted by Gasteiger charge is 2.34. The van der Waals surface area contributed by atoms with Crippen LogP contribution < -0.4 is 14.9 Å². The van der Waals surface area contributed by atoms with Crippen LogP contribution in [0.1, 0.15) is 48.7 Å². The standard InChI is InChI=1S/C24H24N2O3S2/c1-4-7-17-20(23(28)29-5-2)21(18-8-6-13-30-18)26-22(27)19(31-24(26)25-17)14-16-11-9-15(3)10-12-16/h6,8-14,21H,4-5,7H2,1-3H3/b19-14-. The van der Waals surface area contributed by atoms with Crippen molar-refractivity contribution in [3.05, 3.63) is 88.7 Å². The Hall–Kier alpha value is -2.77. The number of ether oxygens (including phenoxy) is 1. The Kier molecular flexibility index (Phi) is 6.34. The number of hydrogen-bond donors (Lipinski definition) is 0. The second-order valence-electron chi connectivity index (χ2n) is 7.34. The number of benzene rings is 1. The number of aromatic nitrogens is 1. The SMILES string of the molecule is CCCC1=C(C(=O)OCC)C(c2cccs2)n2c(s/c(=C\c3ccc(C)cc3)c2=O)=N1. The fourth-order valence-electron chi connectivity index (χ4n) is 3.65. The summed E-state index contributed by atoms with van der Waals surface area (Å²) in [4.78, 5) is 32.8. The Labute approximate surface area is 188 Å². The van der Waals surface area contributed by atoms with Gasteiger partial charge < -0.3 is 4.74 Å². The van der Waals surface area contributed by atoms with E-state index in [1.54, 1.807) is 11.5 Å². The number of nitrogens with zero attached hydrogens (tertiary/aromatic N) is 2. The van der Waals surface area contributed by atoms with Crippen molar-refractivity contribution in [2.75, 3.05) is 6.61 Å². The lowest BCUT2D eigenvalue weighted by atomic mass is 9.99. The third-order valence-electron chi connectivity index (χ3n) is 5.08. The molecular formula is C24H24N2O3S2. The lowest BCUT2D eigenvalue weighted by Crippen LogP contribution is -2.39. The molecule has 0 saturated carbocycles. The van der Waals surface area contributed by atoms with Gasteiger partial charge in [0.2, 0.25) is 0 Å². The van der Waals surface area contributed by atoms with Crippen LogP contribution in [0.3, 0.4) is 0 Å². The van der Waals surface area contributed by atoms with Crippen molar-refractivity contribution in [2.45, 2.75) is 39.7 Å². The minimum atomic E-state index is -0.517. The van der Waals surface area contributed by atoms with E-state index in [0.29, 0.717) is 27.0 Å². The van der Waals surface area contributed by atoms with Crippen LogP contribution >= 0.6 is 22.7 Å². The molecule has 160 valence electrons. The number of esters is 1. The van der Waals surface area contributed by atoms with E-state index in [4.69, 9.17) is 9.73 Å². The minimum absolute atomic E-state index is 0.139. The summed E-state index contributed by atoms with van der Waals surface area (Å²) in [5, 5.41) is 1.96. The van der Waals surface area contributed by atoms with Crippen molar-refractivity contribution >= 4 is 34.7 Å². The van der Waals surface area contributed by atoms with Gasteiger partial charge >= 0.3 is 5.97 Å². The monoisotopic (exact) mass is 452 g/mol. The molecule has 0 saturated heterocycles. The van der Waals surface area contributed by atoms with E-state index in [9.17, 15) is 9.59 Å². The highest BCUT2D eigenvalue weighted by molar-refractivity contribution is 7.10. The molecule has 1 unspecified atom stereocenters. The highest BCUT2D eigenvalue weighted by Crippen LogP contribution is 2.34. The van der Waals surface area contributed by atoms with Gasteiger partial charge in [0.1, 0.15) is 6.04 Å². The Balaban J connectivity index is 1.96. The smallest absolute Gasteiger partial charge is 0.338 e. The van der Waals surface area contributed by atoms with Gasteiger partial charge in [-0.25, -0.2) is 9.79 Å². The number of thiophene rings is 1. The summed E-state index contributed by atoms with van der Waals surface area (Å²) in [6, 6.07) is 11.4. The number of carbonyl (C=O) groups is 1. The lowest BCUT2D eigenvalue weighted by Gasteiger charge is -2.24. The summed E-state index contributed by atoms with van der Waals surface area (Å²) in [6.07, 6.45) is 3.39. The van der Waals surface area contributed by atoms with Crippen molar-refractivity contribution in [3.63, 3.8) is 0 Å². The number of hydrogen-bond acceptors (Lipinski definition) is 6. The van der Waals surface area contributed by atoms with Gasteiger partial charge in [0.15, 0.2) is 4.80 Å². The van der Waals surface area contributed by atoms with Crippen LogP contribution in [0.25, 0.3) is 6.08 Å². The van der Waals surface area contributed by atoms with E-state index in [1.165, 1.54) is 28.2 Å². The quantitative estimate of drug-likeness (QED) is 0.532. The first-order valence-corrected chi connectivity index (χ1v) is 12.0. The number of fused-ring (bicyclic) bond motifs is 1. The second-order valence-corrected chi connectivity index (χ2v) is 9.33. The zero-order valence-corrected chi connectivity index (χ0v) is 19.4. The van der Waals surface area contributed by atoms with E-state index < -0.39 is 12.0 Å². The summed E-state index contributed by atoms with van der Waals surface area (Å²) < 4.78 is 7.64.